The van der Waals surface area contributed by atoms with Crippen molar-refractivity contribution in [2.45, 2.75) is 13.8 Å². The van der Waals surface area contributed by atoms with Crippen molar-refractivity contribution < 1.29 is 0 Å². The van der Waals surface area contributed by atoms with Crippen molar-refractivity contribution in [3.05, 3.63) is 57.3 Å². The molecule has 2 aromatic heterocycles. The lowest BCUT2D eigenvalue weighted by Crippen LogP contribution is -2.12. The minimum atomic E-state index is -0.0809. The number of benzene rings is 1. The monoisotopic (exact) mass is 271 g/mol. The Morgan fingerprint density at radius 2 is 2.11 bits per heavy atom. The average Bonchev–Trinajstić information content (AvgIpc) is 2.96. The van der Waals surface area contributed by atoms with Crippen molar-refractivity contribution in [1.29, 1.82) is 0 Å². The molecular weight excluding hydrogens is 258 g/mol. The van der Waals surface area contributed by atoms with Gasteiger partial charge in [-0.05, 0) is 19.9 Å². The van der Waals surface area contributed by atoms with Crippen molar-refractivity contribution in [3.63, 3.8) is 0 Å². The van der Waals surface area contributed by atoms with Gasteiger partial charge in [-0.1, -0.05) is 23.8 Å². The Hall–Kier alpha value is -2.14. The summed E-state index contributed by atoms with van der Waals surface area (Å²) in [5.74, 6) is 0. The minimum Gasteiger partial charge on any atom is -0.293 e. The molecule has 1 aromatic carbocycles. The van der Waals surface area contributed by atoms with Crippen molar-refractivity contribution >= 4 is 11.3 Å². The number of rotatable bonds is 2. The molecule has 0 aliphatic heterocycles. The van der Waals surface area contributed by atoms with Crippen LogP contribution in [0.2, 0.25) is 0 Å². The third-order valence-corrected chi connectivity index (χ3v) is 3.67. The molecule has 0 aliphatic rings. The molecule has 0 fully saturated rings. The van der Waals surface area contributed by atoms with Crippen LogP contribution in [-0.2, 0) is 0 Å². The zero-order chi connectivity index (χ0) is 13.4. The summed E-state index contributed by atoms with van der Waals surface area (Å²) < 4.78 is 1.47. The summed E-state index contributed by atoms with van der Waals surface area (Å²) in [5, 5.41) is 5.62. The fraction of sp³-hybridized carbons (Fsp3) is 0.143. The summed E-state index contributed by atoms with van der Waals surface area (Å²) in [6.45, 7) is 3.91. The smallest absolute Gasteiger partial charge is 0.273 e. The van der Waals surface area contributed by atoms with Gasteiger partial charge in [0.2, 0.25) is 5.13 Å². The number of thiazole rings is 1. The molecule has 3 rings (SSSR count). The second-order valence-electron chi connectivity index (χ2n) is 4.50. The predicted octanol–water partition coefficient (Wildman–Crippen LogP) is 2.91. The maximum Gasteiger partial charge on any atom is 0.273 e. The average molecular weight is 271 g/mol. The van der Waals surface area contributed by atoms with Gasteiger partial charge < -0.3 is 0 Å². The highest BCUT2D eigenvalue weighted by atomic mass is 32.1. The number of nitrogens with one attached hydrogen (secondary N) is 1. The van der Waals surface area contributed by atoms with Gasteiger partial charge in [-0.3, -0.25) is 9.89 Å². The quantitative estimate of drug-likeness (QED) is 0.779. The molecule has 2 heterocycles. The van der Waals surface area contributed by atoms with Crippen LogP contribution in [-0.4, -0.2) is 14.8 Å². The highest BCUT2D eigenvalue weighted by Crippen LogP contribution is 2.23. The maximum absolute atomic E-state index is 11.7. The van der Waals surface area contributed by atoms with Gasteiger partial charge >= 0.3 is 0 Å². The number of aromatic amines is 1. The molecule has 0 saturated carbocycles. The molecule has 0 aliphatic carbocycles. The Balaban J connectivity index is 2.05. The second kappa shape index (κ2) is 4.51. The third kappa shape index (κ3) is 2.24. The van der Waals surface area contributed by atoms with Crippen LogP contribution >= 0.6 is 11.3 Å². The van der Waals surface area contributed by atoms with Gasteiger partial charge in [0, 0.05) is 22.7 Å². The molecule has 1 N–H and O–H groups in total. The zero-order valence-electron chi connectivity index (χ0n) is 10.7. The van der Waals surface area contributed by atoms with Crippen LogP contribution < -0.4 is 5.56 Å². The zero-order valence-corrected chi connectivity index (χ0v) is 11.5. The molecule has 0 unspecified atom stereocenters. The van der Waals surface area contributed by atoms with Gasteiger partial charge in [-0.25, -0.2) is 4.98 Å². The van der Waals surface area contributed by atoms with Crippen molar-refractivity contribution in [2.24, 2.45) is 0 Å². The van der Waals surface area contributed by atoms with Crippen molar-refractivity contribution in [3.8, 4) is 16.4 Å². The summed E-state index contributed by atoms with van der Waals surface area (Å²) in [4.78, 5) is 16.3. The second-order valence-corrected chi connectivity index (χ2v) is 5.33. The van der Waals surface area contributed by atoms with E-state index in [0.717, 1.165) is 17.0 Å². The number of hydrogen-bond donors (Lipinski definition) is 1. The first-order chi connectivity index (χ1) is 9.13. The Morgan fingerprint density at radius 3 is 2.79 bits per heavy atom. The molecule has 0 spiro atoms. The Morgan fingerprint density at radius 1 is 1.26 bits per heavy atom. The fourth-order valence-corrected chi connectivity index (χ4v) is 2.76. The summed E-state index contributed by atoms with van der Waals surface area (Å²) in [6, 6.07) is 9.73. The highest BCUT2D eigenvalue weighted by molar-refractivity contribution is 7.12. The Labute approximate surface area is 114 Å². The standard InChI is InChI=1S/C14H13N3OS/c1-9-4-3-5-11(6-9)12-8-19-14(15-12)17-13(18)7-10(2)16-17/h3-8,16H,1-2H3. The van der Waals surface area contributed by atoms with E-state index in [9.17, 15) is 4.79 Å². The van der Waals surface area contributed by atoms with E-state index in [-0.39, 0.29) is 5.56 Å². The number of H-pyrrole nitrogens is 1. The van der Waals surface area contributed by atoms with Crippen molar-refractivity contribution in [1.82, 2.24) is 14.8 Å². The first kappa shape index (κ1) is 11.9. The Kier molecular flexibility index (Phi) is 2.83. The number of aromatic nitrogens is 3. The van der Waals surface area contributed by atoms with Crippen LogP contribution in [0.25, 0.3) is 16.4 Å². The molecule has 0 bridgehead atoms. The molecule has 4 nitrogen and oxygen atoms in total. The number of aryl methyl sites for hydroxylation is 2. The van der Waals surface area contributed by atoms with Crippen LogP contribution in [0.15, 0.2) is 40.5 Å². The van der Waals surface area contributed by atoms with Gasteiger partial charge in [-0.2, -0.15) is 4.68 Å². The molecule has 0 saturated heterocycles. The third-order valence-electron chi connectivity index (χ3n) is 2.85. The molecule has 3 aromatic rings. The summed E-state index contributed by atoms with van der Waals surface area (Å²) in [5.41, 5.74) is 3.90. The normalized spacial score (nSPS) is 10.8. The molecule has 5 heteroatoms. The lowest BCUT2D eigenvalue weighted by Gasteiger charge is -1.98. The Bertz CT molecular complexity index is 782. The molecular formula is C14H13N3OS. The van der Waals surface area contributed by atoms with Crippen LogP contribution in [0.5, 0.6) is 0 Å². The number of hydrogen-bond acceptors (Lipinski definition) is 3. The van der Waals surface area contributed by atoms with Crippen LogP contribution in [0.3, 0.4) is 0 Å². The molecule has 0 radical (unpaired) electrons. The van der Waals surface area contributed by atoms with E-state index in [0.29, 0.717) is 5.13 Å². The highest BCUT2D eigenvalue weighted by Gasteiger charge is 2.09. The van der Waals surface area contributed by atoms with Crippen molar-refractivity contribution in [2.75, 3.05) is 0 Å². The van der Waals surface area contributed by atoms with Crippen LogP contribution in [0.4, 0.5) is 0 Å². The van der Waals surface area contributed by atoms with Gasteiger partial charge in [0.1, 0.15) is 0 Å². The van der Waals surface area contributed by atoms with E-state index in [1.54, 1.807) is 6.07 Å². The SMILES string of the molecule is Cc1cccc(-c2csc(-n3[nH]c(C)cc3=O)n2)c1. The summed E-state index contributed by atoms with van der Waals surface area (Å²) in [6.07, 6.45) is 0. The van der Waals surface area contributed by atoms with Gasteiger partial charge in [0.05, 0.1) is 5.69 Å². The molecule has 0 atom stereocenters. The lowest BCUT2D eigenvalue weighted by molar-refractivity contribution is 0.827. The topological polar surface area (TPSA) is 50.7 Å². The maximum atomic E-state index is 11.7. The summed E-state index contributed by atoms with van der Waals surface area (Å²) >= 11 is 1.45. The largest absolute Gasteiger partial charge is 0.293 e. The van der Waals surface area contributed by atoms with Gasteiger partial charge in [-0.15, -0.1) is 11.3 Å². The van der Waals surface area contributed by atoms with E-state index in [2.05, 4.69) is 29.1 Å². The predicted molar refractivity (Wildman–Crippen MR) is 77.0 cm³/mol. The van der Waals surface area contributed by atoms with E-state index in [1.807, 2.05) is 24.4 Å². The van der Waals surface area contributed by atoms with E-state index < -0.39 is 0 Å². The van der Waals surface area contributed by atoms with E-state index in [1.165, 1.54) is 21.6 Å². The molecule has 96 valence electrons. The summed E-state index contributed by atoms with van der Waals surface area (Å²) in [7, 11) is 0. The van der Waals surface area contributed by atoms with Crippen LogP contribution in [0.1, 0.15) is 11.3 Å². The molecule has 19 heavy (non-hydrogen) atoms. The first-order valence-electron chi connectivity index (χ1n) is 5.95. The minimum absolute atomic E-state index is 0.0809. The van der Waals surface area contributed by atoms with E-state index >= 15 is 0 Å². The first-order valence-corrected chi connectivity index (χ1v) is 6.83. The van der Waals surface area contributed by atoms with E-state index in [4.69, 9.17) is 0 Å². The lowest BCUT2D eigenvalue weighted by atomic mass is 10.1. The molecule has 0 amide bonds. The number of nitrogens with zero attached hydrogens (tertiary/aromatic N) is 2. The fourth-order valence-electron chi connectivity index (χ4n) is 1.96. The van der Waals surface area contributed by atoms with Gasteiger partial charge in [0.15, 0.2) is 0 Å². The van der Waals surface area contributed by atoms with Crippen LogP contribution in [0, 0.1) is 13.8 Å². The van der Waals surface area contributed by atoms with Gasteiger partial charge in [0.25, 0.3) is 5.56 Å².